The number of nitro benzene ring substituents is 1. The summed E-state index contributed by atoms with van der Waals surface area (Å²) in [5.74, 6) is -2.85. The first-order valence-corrected chi connectivity index (χ1v) is 7.27. The zero-order valence-electron chi connectivity index (χ0n) is 13.3. The van der Waals surface area contributed by atoms with Gasteiger partial charge in [0.05, 0.1) is 17.1 Å². The Morgan fingerprint density at radius 1 is 1.15 bits per heavy atom. The smallest absolute Gasteiger partial charge is 0.352 e. The minimum Gasteiger partial charge on any atom is -0.489 e. The molecule has 2 aromatic carbocycles. The molecule has 0 aliphatic carbocycles. The van der Waals surface area contributed by atoms with Crippen molar-refractivity contribution in [2.24, 2.45) is 0 Å². The van der Waals surface area contributed by atoms with Gasteiger partial charge in [0.2, 0.25) is 0 Å². The SMILES string of the molecule is O=C(O)C=C(Nc1ccc(OCc2ccccc2)cc1[N+](=O)[O-])C(=O)O. The summed E-state index contributed by atoms with van der Waals surface area (Å²) in [6.07, 6.45) is 0.409. The van der Waals surface area contributed by atoms with Crippen molar-refractivity contribution in [2.45, 2.75) is 6.61 Å². The Bertz CT molecular complexity index is 863. The molecule has 0 saturated heterocycles. The quantitative estimate of drug-likeness (QED) is 0.372. The summed E-state index contributed by atoms with van der Waals surface area (Å²) in [6.45, 7) is 0.198. The van der Waals surface area contributed by atoms with Gasteiger partial charge in [-0.25, -0.2) is 9.59 Å². The summed E-state index contributed by atoms with van der Waals surface area (Å²) in [5, 5.41) is 31.2. The molecule has 9 heteroatoms. The van der Waals surface area contributed by atoms with E-state index in [2.05, 4.69) is 5.32 Å². The van der Waals surface area contributed by atoms with Gasteiger partial charge in [-0.05, 0) is 17.7 Å². The normalized spacial score (nSPS) is 10.8. The highest BCUT2D eigenvalue weighted by atomic mass is 16.6. The van der Waals surface area contributed by atoms with Gasteiger partial charge in [0.15, 0.2) is 0 Å². The number of nitrogens with zero attached hydrogens (tertiary/aromatic N) is 1. The zero-order valence-corrected chi connectivity index (χ0v) is 13.3. The molecule has 0 aliphatic rings. The summed E-state index contributed by atoms with van der Waals surface area (Å²) in [5.41, 5.74) is -0.460. The predicted octanol–water partition coefficient (Wildman–Crippen LogP) is 2.64. The summed E-state index contributed by atoms with van der Waals surface area (Å²) in [4.78, 5) is 32.2. The van der Waals surface area contributed by atoms with Crippen molar-refractivity contribution < 1.29 is 29.5 Å². The van der Waals surface area contributed by atoms with E-state index in [1.165, 1.54) is 12.1 Å². The largest absolute Gasteiger partial charge is 0.489 e. The first kappa shape index (κ1) is 18.5. The van der Waals surface area contributed by atoms with Crippen LogP contribution in [0.15, 0.2) is 60.3 Å². The van der Waals surface area contributed by atoms with Crippen molar-refractivity contribution in [2.75, 3.05) is 5.32 Å². The van der Waals surface area contributed by atoms with Gasteiger partial charge in [-0.3, -0.25) is 10.1 Å². The molecule has 0 amide bonds. The van der Waals surface area contributed by atoms with Gasteiger partial charge in [0.25, 0.3) is 5.69 Å². The third kappa shape index (κ3) is 5.06. The molecule has 0 spiro atoms. The molecule has 0 aromatic heterocycles. The van der Waals surface area contributed by atoms with E-state index in [0.29, 0.717) is 6.08 Å². The van der Waals surface area contributed by atoms with Crippen LogP contribution in [0.3, 0.4) is 0 Å². The molecule has 0 unspecified atom stereocenters. The molecule has 0 saturated carbocycles. The van der Waals surface area contributed by atoms with Crippen LogP contribution in [0.25, 0.3) is 0 Å². The van der Waals surface area contributed by atoms with Crippen LogP contribution in [0.4, 0.5) is 11.4 Å². The highest BCUT2D eigenvalue weighted by molar-refractivity contribution is 5.97. The van der Waals surface area contributed by atoms with Crippen LogP contribution in [0.1, 0.15) is 5.56 Å². The predicted molar refractivity (Wildman–Crippen MR) is 90.8 cm³/mol. The number of benzene rings is 2. The van der Waals surface area contributed by atoms with Crippen molar-refractivity contribution in [3.8, 4) is 5.75 Å². The molecular formula is C17H14N2O7. The highest BCUT2D eigenvalue weighted by Crippen LogP contribution is 2.30. The number of carboxylic acid groups (broad SMARTS) is 2. The number of hydrogen-bond acceptors (Lipinski definition) is 6. The molecular weight excluding hydrogens is 344 g/mol. The summed E-state index contributed by atoms with van der Waals surface area (Å²) in [7, 11) is 0. The van der Waals surface area contributed by atoms with Gasteiger partial charge >= 0.3 is 11.9 Å². The van der Waals surface area contributed by atoms with E-state index in [1.807, 2.05) is 30.3 Å². The fourth-order valence-corrected chi connectivity index (χ4v) is 2.02. The fourth-order valence-electron chi connectivity index (χ4n) is 2.02. The topological polar surface area (TPSA) is 139 Å². The molecule has 0 bridgehead atoms. The number of aliphatic carboxylic acids is 2. The number of anilines is 1. The average Bonchev–Trinajstić information content (AvgIpc) is 2.60. The van der Waals surface area contributed by atoms with Crippen LogP contribution >= 0.6 is 0 Å². The number of nitro groups is 1. The van der Waals surface area contributed by atoms with Crippen LogP contribution in [-0.2, 0) is 16.2 Å². The van der Waals surface area contributed by atoms with Gasteiger partial charge in [-0.2, -0.15) is 0 Å². The van der Waals surface area contributed by atoms with Crippen LogP contribution in [0.2, 0.25) is 0 Å². The van der Waals surface area contributed by atoms with E-state index in [0.717, 1.165) is 11.6 Å². The van der Waals surface area contributed by atoms with E-state index in [1.54, 1.807) is 0 Å². The van der Waals surface area contributed by atoms with Crippen molar-refractivity contribution >= 4 is 23.3 Å². The molecule has 0 atom stereocenters. The molecule has 0 aliphatic heterocycles. The molecule has 0 radical (unpaired) electrons. The Kier molecular flexibility index (Phi) is 5.88. The summed E-state index contributed by atoms with van der Waals surface area (Å²) < 4.78 is 5.50. The Morgan fingerprint density at radius 3 is 2.42 bits per heavy atom. The molecule has 2 rings (SSSR count). The zero-order chi connectivity index (χ0) is 19.1. The third-order valence-corrected chi connectivity index (χ3v) is 3.18. The average molecular weight is 358 g/mol. The van der Waals surface area contributed by atoms with E-state index in [4.69, 9.17) is 14.9 Å². The molecule has 3 N–H and O–H groups in total. The Balaban J connectivity index is 2.24. The van der Waals surface area contributed by atoms with Gasteiger partial charge in [0.1, 0.15) is 23.7 Å². The van der Waals surface area contributed by atoms with Crippen molar-refractivity contribution in [3.63, 3.8) is 0 Å². The van der Waals surface area contributed by atoms with Crippen molar-refractivity contribution in [3.05, 3.63) is 76.0 Å². The van der Waals surface area contributed by atoms with Crippen molar-refractivity contribution in [1.29, 1.82) is 0 Å². The standard InChI is InChI=1S/C17H14N2O7/c20-16(21)9-14(17(22)23)18-13-7-6-12(8-15(13)19(24)25)26-10-11-4-2-1-3-5-11/h1-9,18H,10H2,(H,20,21)(H,22,23). The maximum Gasteiger partial charge on any atom is 0.352 e. The number of ether oxygens (including phenoxy) is 1. The Hall–Kier alpha value is -3.88. The Labute approximate surface area is 147 Å². The molecule has 134 valence electrons. The second kappa shape index (κ2) is 8.29. The second-order valence-corrected chi connectivity index (χ2v) is 5.04. The maximum atomic E-state index is 11.2. The van der Waals surface area contributed by atoms with Gasteiger partial charge < -0.3 is 20.3 Å². The molecule has 2 aromatic rings. The number of carbonyl (C=O) groups is 2. The van der Waals surface area contributed by atoms with E-state index in [-0.39, 0.29) is 18.0 Å². The molecule has 26 heavy (non-hydrogen) atoms. The minimum absolute atomic E-state index is 0.169. The van der Waals surface area contributed by atoms with Crippen molar-refractivity contribution in [1.82, 2.24) is 0 Å². The third-order valence-electron chi connectivity index (χ3n) is 3.18. The lowest BCUT2D eigenvalue weighted by molar-refractivity contribution is -0.384. The first-order chi connectivity index (χ1) is 12.4. The monoisotopic (exact) mass is 358 g/mol. The van der Waals surface area contributed by atoms with E-state index in [9.17, 15) is 19.7 Å². The molecule has 0 fully saturated rings. The lowest BCUT2D eigenvalue weighted by Crippen LogP contribution is -2.13. The minimum atomic E-state index is -1.56. The van der Waals surface area contributed by atoms with Crippen LogP contribution in [0.5, 0.6) is 5.75 Å². The van der Waals surface area contributed by atoms with Crippen LogP contribution in [-0.4, -0.2) is 27.1 Å². The van der Waals surface area contributed by atoms with Crippen LogP contribution < -0.4 is 10.1 Å². The lowest BCUT2D eigenvalue weighted by Gasteiger charge is -2.10. The van der Waals surface area contributed by atoms with Crippen LogP contribution in [0, 0.1) is 10.1 Å². The number of rotatable bonds is 8. The van der Waals surface area contributed by atoms with E-state index < -0.39 is 28.2 Å². The highest BCUT2D eigenvalue weighted by Gasteiger charge is 2.19. The van der Waals surface area contributed by atoms with Gasteiger partial charge in [-0.1, -0.05) is 30.3 Å². The Morgan fingerprint density at radius 2 is 1.85 bits per heavy atom. The molecule has 9 nitrogen and oxygen atoms in total. The summed E-state index contributed by atoms with van der Waals surface area (Å²) >= 11 is 0. The number of nitrogens with one attached hydrogen (secondary N) is 1. The lowest BCUT2D eigenvalue weighted by atomic mass is 10.2. The first-order valence-electron chi connectivity index (χ1n) is 7.27. The molecule has 0 heterocycles. The second-order valence-electron chi connectivity index (χ2n) is 5.04. The fraction of sp³-hybridized carbons (Fsp3) is 0.0588. The van der Waals surface area contributed by atoms with Gasteiger partial charge in [0, 0.05) is 0 Å². The van der Waals surface area contributed by atoms with Gasteiger partial charge in [-0.15, -0.1) is 0 Å². The van der Waals surface area contributed by atoms with E-state index >= 15 is 0 Å². The number of carboxylic acids is 2. The maximum absolute atomic E-state index is 11.2. The summed E-state index contributed by atoms with van der Waals surface area (Å²) in [6, 6.07) is 13.0. The number of hydrogen-bond donors (Lipinski definition) is 3.